The third kappa shape index (κ3) is 4.05. The maximum Gasteiger partial charge on any atom is 0.373 e. The topological polar surface area (TPSA) is 76.0 Å². The molecule has 0 unspecified atom stereocenters. The van der Waals surface area contributed by atoms with Crippen molar-refractivity contribution in [3.8, 4) is 5.75 Å². The largest absolute Gasteiger partial charge is 0.508 e. The molecule has 1 aromatic rings. The van der Waals surface area contributed by atoms with Crippen molar-refractivity contribution in [1.29, 1.82) is 0 Å². The first kappa shape index (κ1) is 13.5. The molecule has 2 N–H and O–H groups in total. The van der Waals surface area contributed by atoms with E-state index in [1.54, 1.807) is 20.8 Å². The minimum atomic E-state index is -0.750. The summed E-state index contributed by atoms with van der Waals surface area (Å²) >= 11 is 0. The maximum atomic E-state index is 11.7. The van der Waals surface area contributed by atoms with Crippen LogP contribution in [0.1, 0.15) is 36.7 Å². The minimum absolute atomic E-state index is 0.0788. The van der Waals surface area contributed by atoms with Gasteiger partial charge in [0.15, 0.2) is 0 Å². The summed E-state index contributed by atoms with van der Waals surface area (Å²) in [6.45, 7) is 4.88. The first-order valence-electron chi connectivity index (χ1n) is 5.16. The molecule has 0 aliphatic carbocycles. The van der Waals surface area contributed by atoms with E-state index in [4.69, 9.17) is 9.99 Å². The predicted molar refractivity (Wildman–Crippen MR) is 60.3 cm³/mol. The van der Waals surface area contributed by atoms with Crippen LogP contribution in [-0.2, 0) is 16.4 Å². The number of carbonyl (C=O) groups excluding carboxylic acids is 1. The summed E-state index contributed by atoms with van der Waals surface area (Å²) in [6, 6.07) is 4.05. The van der Waals surface area contributed by atoms with Gasteiger partial charge in [-0.2, -0.15) is 4.89 Å². The molecule has 0 saturated carbocycles. The van der Waals surface area contributed by atoms with Crippen molar-refractivity contribution in [2.75, 3.05) is 0 Å². The molecule has 94 valence electrons. The first-order chi connectivity index (χ1) is 7.83. The number of aromatic hydroxyl groups is 1. The Morgan fingerprint density at radius 2 is 2.00 bits per heavy atom. The van der Waals surface area contributed by atoms with Crippen LogP contribution in [-0.4, -0.2) is 21.8 Å². The van der Waals surface area contributed by atoms with Crippen molar-refractivity contribution in [1.82, 2.24) is 0 Å². The van der Waals surface area contributed by atoms with Gasteiger partial charge in [0.1, 0.15) is 11.4 Å². The molecule has 0 atom stereocenters. The highest BCUT2D eigenvalue weighted by Crippen LogP contribution is 2.19. The Labute approximate surface area is 99.5 Å². The Morgan fingerprint density at radius 1 is 1.35 bits per heavy atom. The molecule has 0 aliphatic rings. The number of rotatable bonds is 3. The van der Waals surface area contributed by atoms with Crippen LogP contribution >= 0.6 is 0 Å². The van der Waals surface area contributed by atoms with Crippen LogP contribution in [0.4, 0.5) is 0 Å². The van der Waals surface area contributed by atoms with E-state index < -0.39 is 11.6 Å². The standard InChI is InChI=1S/C12H16O5/c1-12(2,3)17-16-11(15)10-6-9(14)5-4-8(10)7-13/h4-6,13-14H,7H2,1-3H3. The van der Waals surface area contributed by atoms with Crippen molar-refractivity contribution < 1.29 is 24.8 Å². The highest BCUT2D eigenvalue weighted by molar-refractivity contribution is 5.91. The zero-order chi connectivity index (χ0) is 13.1. The van der Waals surface area contributed by atoms with Crippen LogP contribution in [0.15, 0.2) is 18.2 Å². The zero-order valence-corrected chi connectivity index (χ0v) is 10.1. The van der Waals surface area contributed by atoms with Crippen LogP contribution in [0.2, 0.25) is 0 Å². The van der Waals surface area contributed by atoms with E-state index in [-0.39, 0.29) is 17.9 Å². The minimum Gasteiger partial charge on any atom is -0.508 e. The van der Waals surface area contributed by atoms with E-state index in [1.165, 1.54) is 18.2 Å². The number of hydrogen-bond donors (Lipinski definition) is 2. The molecule has 0 aromatic heterocycles. The fraction of sp³-hybridized carbons (Fsp3) is 0.417. The molecule has 0 fully saturated rings. The molecule has 0 amide bonds. The molecule has 5 nitrogen and oxygen atoms in total. The van der Waals surface area contributed by atoms with E-state index in [1.807, 2.05) is 0 Å². The van der Waals surface area contributed by atoms with Gasteiger partial charge < -0.3 is 10.2 Å². The van der Waals surface area contributed by atoms with Gasteiger partial charge in [-0.1, -0.05) is 6.07 Å². The summed E-state index contributed by atoms with van der Waals surface area (Å²) < 4.78 is 0. The van der Waals surface area contributed by atoms with E-state index in [9.17, 15) is 9.90 Å². The van der Waals surface area contributed by atoms with Gasteiger partial charge in [0, 0.05) is 0 Å². The van der Waals surface area contributed by atoms with Gasteiger partial charge in [-0.15, -0.1) is 0 Å². The average Bonchev–Trinajstić information content (AvgIpc) is 2.25. The Bertz CT molecular complexity index is 406. The fourth-order valence-corrected chi connectivity index (χ4v) is 1.10. The predicted octanol–water partition coefficient (Wildman–Crippen LogP) is 1.77. The quantitative estimate of drug-likeness (QED) is 0.622. The number of aliphatic hydroxyl groups excluding tert-OH is 1. The lowest BCUT2D eigenvalue weighted by atomic mass is 10.1. The van der Waals surface area contributed by atoms with Crippen LogP contribution in [0.25, 0.3) is 0 Å². The lowest BCUT2D eigenvalue weighted by molar-refractivity contribution is -0.301. The van der Waals surface area contributed by atoms with Crippen LogP contribution in [0, 0.1) is 0 Å². The molecule has 5 heteroatoms. The number of carbonyl (C=O) groups is 1. The van der Waals surface area contributed by atoms with Gasteiger partial charge in [-0.3, -0.25) is 4.89 Å². The number of aliphatic hydroxyl groups is 1. The molecule has 0 bridgehead atoms. The lowest BCUT2D eigenvalue weighted by Crippen LogP contribution is -2.22. The Hall–Kier alpha value is -1.59. The second-order valence-electron chi connectivity index (χ2n) is 4.57. The fourth-order valence-electron chi connectivity index (χ4n) is 1.10. The van der Waals surface area contributed by atoms with Crippen molar-refractivity contribution in [3.63, 3.8) is 0 Å². The highest BCUT2D eigenvalue weighted by atomic mass is 17.2. The summed E-state index contributed by atoms with van der Waals surface area (Å²) in [4.78, 5) is 21.2. The summed E-state index contributed by atoms with van der Waals surface area (Å²) in [5, 5.41) is 18.3. The number of benzene rings is 1. The first-order valence-corrected chi connectivity index (χ1v) is 5.16. The van der Waals surface area contributed by atoms with Crippen molar-refractivity contribution >= 4 is 5.97 Å². The molecule has 1 aromatic carbocycles. The van der Waals surface area contributed by atoms with Crippen LogP contribution < -0.4 is 0 Å². The molecular formula is C12H16O5. The summed E-state index contributed by atoms with van der Waals surface area (Å²) in [5.41, 5.74) is -0.173. The molecule has 17 heavy (non-hydrogen) atoms. The van der Waals surface area contributed by atoms with Gasteiger partial charge in [-0.05, 0) is 38.5 Å². The lowest BCUT2D eigenvalue weighted by Gasteiger charge is -2.17. The molecule has 0 heterocycles. The van der Waals surface area contributed by atoms with E-state index in [0.717, 1.165) is 0 Å². The molecule has 0 aliphatic heterocycles. The summed E-state index contributed by atoms with van der Waals surface area (Å²) in [6.07, 6.45) is 0. The number of phenols is 1. The second kappa shape index (κ2) is 5.16. The third-order valence-electron chi connectivity index (χ3n) is 1.85. The average molecular weight is 240 g/mol. The summed E-state index contributed by atoms with van der Waals surface area (Å²) in [7, 11) is 0. The van der Waals surface area contributed by atoms with Gasteiger partial charge in [0.25, 0.3) is 0 Å². The van der Waals surface area contributed by atoms with Crippen LogP contribution in [0.5, 0.6) is 5.75 Å². The smallest absolute Gasteiger partial charge is 0.373 e. The number of phenolic OH excluding ortho intramolecular Hbond substituents is 1. The van der Waals surface area contributed by atoms with Crippen molar-refractivity contribution in [2.24, 2.45) is 0 Å². The Kier molecular flexibility index (Phi) is 4.09. The normalized spacial score (nSPS) is 11.3. The van der Waals surface area contributed by atoms with E-state index >= 15 is 0 Å². The Morgan fingerprint density at radius 3 is 2.53 bits per heavy atom. The van der Waals surface area contributed by atoms with E-state index in [2.05, 4.69) is 4.89 Å². The van der Waals surface area contributed by atoms with Gasteiger partial charge in [0.05, 0.1) is 12.2 Å². The maximum absolute atomic E-state index is 11.7. The monoisotopic (exact) mass is 240 g/mol. The Balaban J connectivity index is 2.84. The van der Waals surface area contributed by atoms with Crippen LogP contribution in [0.3, 0.4) is 0 Å². The van der Waals surface area contributed by atoms with Gasteiger partial charge >= 0.3 is 5.97 Å². The van der Waals surface area contributed by atoms with E-state index in [0.29, 0.717) is 5.56 Å². The molecule has 0 saturated heterocycles. The van der Waals surface area contributed by atoms with Gasteiger partial charge in [-0.25, -0.2) is 4.79 Å². The highest BCUT2D eigenvalue weighted by Gasteiger charge is 2.19. The molecule has 0 spiro atoms. The van der Waals surface area contributed by atoms with Gasteiger partial charge in [0.2, 0.25) is 0 Å². The SMILES string of the molecule is CC(C)(C)OOC(=O)c1cc(O)ccc1CO. The molecule has 0 radical (unpaired) electrons. The van der Waals surface area contributed by atoms with Crippen molar-refractivity contribution in [2.45, 2.75) is 33.0 Å². The zero-order valence-electron chi connectivity index (χ0n) is 10.1. The second-order valence-corrected chi connectivity index (χ2v) is 4.57. The molecular weight excluding hydrogens is 224 g/mol. The third-order valence-corrected chi connectivity index (χ3v) is 1.85. The number of hydrogen-bond acceptors (Lipinski definition) is 5. The van der Waals surface area contributed by atoms with Crippen molar-refractivity contribution in [3.05, 3.63) is 29.3 Å². The summed E-state index contributed by atoms with van der Waals surface area (Å²) in [5.74, 6) is -0.829. The molecule has 1 rings (SSSR count).